The van der Waals surface area contributed by atoms with Crippen molar-refractivity contribution < 1.29 is 27.4 Å². The maximum Gasteiger partial charge on any atom is 0.420 e. The third-order valence-electron chi connectivity index (χ3n) is 7.76. The van der Waals surface area contributed by atoms with Crippen LogP contribution in [0.4, 0.5) is 18.0 Å². The molecule has 2 fully saturated rings. The second-order valence-corrected chi connectivity index (χ2v) is 10.3. The van der Waals surface area contributed by atoms with Crippen molar-refractivity contribution in [2.24, 2.45) is 11.3 Å². The van der Waals surface area contributed by atoms with Crippen LogP contribution >= 0.6 is 0 Å². The first-order valence-electron chi connectivity index (χ1n) is 11.7. The van der Waals surface area contributed by atoms with Crippen molar-refractivity contribution in [2.75, 3.05) is 6.61 Å². The molecular formula is C26H32F3NO3. The average molecular weight is 464 g/mol. The molecule has 0 radical (unpaired) electrons. The van der Waals surface area contributed by atoms with Gasteiger partial charge in [0.1, 0.15) is 17.9 Å². The predicted molar refractivity (Wildman–Crippen MR) is 121 cm³/mol. The van der Waals surface area contributed by atoms with E-state index in [-0.39, 0.29) is 29.3 Å². The normalized spacial score (nSPS) is 26.2. The number of halogens is 3. The summed E-state index contributed by atoms with van der Waals surface area (Å²) in [7, 11) is 0. The van der Waals surface area contributed by atoms with Crippen LogP contribution in [0.3, 0.4) is 0 Å². The fourth-order valence-electron chi connectivity index (χ4n) is 5.14. The number of hydrogen-bond acceptors (Lipinski definition) is 3. The molecule has 1 aliphatic carbocycles. The lowest BCUT2D eigenvalue weighted by Crippen LogP contribution is -2.37. The van der Waals surface area contributed by atoms with Gasteiger partial charge in [0.15, 0.2) is 0 Å². The summed E-state index contributed by atoms with van der Waals surface area (Å²) in [5.41, 5.74) is -0.577. The average Bonchev–Trinajstić information content (AvgIpc) is 3.12. The molecule has 1 aliphatic heterocycles. The molecule has 1 saturated carbocycles. The molecule has 0 spiro atoms. The fraction of sp³-hybridized carbons (Fsp3) is 0.577. The standard InChI is InChI=1S/C26H32F3NO3/c1-5-24(2,3)17-7-10-19(11-8-17)33-21-13-6-16-14-18(25(4)15-32-23(31)30-25)9-12-20(16)22(21)26(27,28)29/h6,9,12-14,17,19H,5,7-8,10-11,15H2,1-4H3,(H,30,31)/t17-,19-,25-/m0/s1. The number of rotatable bonds is 5. The first-order chi connectivity index (χ1) is 15.4. The second-order valence-electron chi connectivity index (χ2n) is 10.3. The van der Waals surface area contributed by atoms with E-state index in [0.717, 1.165) is 32.1 Å². The number of hydrogen-bond donors (Lipinski definition) is 1. The van der Waals surface area contributed by atoms with E-state index in [9.17, 15) is 18.0 Å². The Labute approximate surface area is 192 Å². The highest BCUT2D eigenvalue weighted by atomic mass is 19.4. The summed E-state index contributed by atoms with van der Waals surface area (Å²) in [6, 6.07) is 7.87. The third-order valence-corrected chi connectivity index (χ3v) is 7.76. The number of nitrogens with one attached hydrogen (secondary N) is 1. The summed E-state index contributed by atoms with van der Waals surface area (Å²) >= 11 is 0. The molecule has 4 rings (SSSR count). The number of amides is 1. The molecule has 0 unspecified atom stereocenters. The van der Waals surface area contributed by atoms with Crippen LogP contribution in [0.5, 0.6) is 5.75 Å². The Kier molecular flexibility index (Phi) is 6.04. The molecule has 0 aromatic heterocycles. The van der Waals surface area contributed by atoms with Crippen LogP contribution in [-0.4, -0.2) is 18.8 Å². The van der Waals surface area contributed by atoms with Gasteiger partial charge < -0.3 is 14.8 Å². The van der Waals surface area contributed by atoms with E-state index in [1.807, 2.05) is 0 Å². The van der Waals surface area contributed by atoms with Gasteiger partial charge >= 0.3 is 12.3 Å². The molecule has 1 atom stereocenters. The van der Waals surface area contributed by atoms with Gasteiger partial charge in [0.2, 0.25) is 0 Å². The molecule has 1 N–H and O–H groups in total. The summed E-state index contributed by atoms with van der Waals surface area (Å²) in [4.78, 5) is 11.5. The molecule has 0 bridgehead atoms. The quantitative estimate of drug-likeness (QED) is 0.511. The van der Waals surface area contributed by atoms with E-state index >= 15 is 0 Å². The van der Waals surface area contributed by atoms with E-state index < -0.39 is 23.4 Å². The van der Waals surface area contributed by atoms with Gasteiger partial charge in [0, 0.05) is 0 Å². The Balaban J connectivity index is 1.61. The van der Waals surface area contributed by atoms with Crippen molar-refractivity contribution in [1.82, 2.24) is 5.32 Å². The predicted octanol–water partition coefficient (Wildman–Crippen LogP) is 7.19. The Morgan fingerprint density at radius 2 is 1.82 bits per heavy atom. The van der Waals surface area contributed by atoms with Crippen LogP contribution < -0.4 is 10.1 Å². The highest BCUT2D eigenvalue weighted by Crippen LogP contribution is 2.45. The van der Waals surface area contributed by atoms with Gasteiger partial charge in [-0.25, -0.2) is 4.79 Å². The molecule has 4 nitrogen and oxygen atoms in total. The number of cyclic esters (lactones) is 1. The minimum Gasteiger partial charge on any atom is -0.490 e. The molecule has 2 aromatic carbocycles. The lowest BCUT2D eigenvalue weighted by atomic mass is 9.69. The third kappa shape index (κ3) is 4.64. The van der Waals surface area contributed by atoms with E-state index in [0.29, 0.717) is 16.9 Å². The lowest BCUT2D eigenvalue weighted by Gasteiger charge is -2.39. The first-order valence-corrected chi connectivity index (χ1v) is 11.7. The molecule has 1 amide bonds. The minimum atomic E-state index is -4.55. The molecular weight excluding hydrogens is 431 g/mol. The maximum absolute atomic E-state index is 14.2. The van der Waals surface area contributed by atoms with Crippen LogP contribution in [0, 0.1) is 11.3 Å². The Morgan fingerprint density at radius 3 is 2.39 bits per heavy atom. The number of benzene rings is 2. The van der Waals surface area contributed by atoms with Gasteiger partial charge in [-0.05, 0) is 72.4 Å². The Hall–Kier alpha value is -2.44. The summed E-state index contributed by atoms with van der Waals surface area (Å²) < 4.78 is 53.5. The largest absolute Gasteiger partial charge is 0.490 e. The van der Waals surface area contributed by atoms with Gasteiger partial charge in [-0.2, -0.15) is 13.2 Å². The summed E-state index contributed by atoms with van der Waals surface area (Å²) in [6.45, 7) is 8.63. The molecule has 2 aliphatic rings. The van der Waals surface area contributed by atoms with E-state index in [1.165, 1.54) is 12.1 Å². The molecule has 33 heavy (non-hydrogen) atoms. The van der Waals surface area contributed by atoms with Crippen LogP contribution in [0.1, 0.15) is 70.9 Å². The van der Waals surface area contributed by atoms with E-state index in [4.69, 9.17) is 9.47 Å². The van der Waals surface area contributed by atoms with Crippen molar-refractivity contribution in [3.05, 3.63) is 41.5 Å². The molecule has 180 valence electrons. The highest BCUT2D eigenvalue weighted by molar-refractivity contribution is 5.89. The molecule has 1 saturated heterocycles. The number of fused-ring (bicyclic) bond motifs is 1. The number of carbonyl (C=O) groups excluding carboxylic acids is 1. The van der Waals surface area contributed by atoms with E-state index in [2.05, 4.69) is 26.1 Å². The van der Waals surface area contributed by atoms with Crippen LogP contribution in [0.2, 0.25) is 0 Å². The number of alkyl halides is 3. The zero-order valence-electron chi connectivity index (χ0n) is 19.6. The SMILES string of the molecule is CCC(C)(C)[C@H]1CC[C@H](Oc2ccc3cc([C@]4(C)COC(=O)N4)ccc3c2C(F)(F)F)CC1. The first kappa shape index (κ1) is 23.7. The van der Waals surface area contributed by atoms with Crippen molar-refractivity contribution in [1.29, 1.82) is 0 Å². The zero-order chi connectivity index (χ0) is 24.0. The van der Waals surface area contributed by atoms with Crippen LogP contribution in [0.15, 0.2) is 30.3 Å². The minimum absolute atomic E-state index is 0.0957. The van der Waals surface area contributed by atoms with Crippen molar-refractivity contribution in [3.63, 3.8) is 0 Å². The van der Waals surface area contributed by atoms with Crippen LogP contribution in [-0.2, 0) is 16.5 Å². The maximum atomic E-state index is 14.2. The highest BCUT2D eigenvalue weighted by Gasteiger charge is 2.40. The zero-order valence-corrected chi connectivity index (χ0v) is 19.6. The molecule has 7 heteroatoms. The van der Waals surface area contributed by atoms with E-state index in [1.54, 1.807) is 25.1 Å². The summed E-state index contributed by atoms with van der Waals surface area (Å²) in [5.74, 6) is 0.463. The van der Waals surface area contributed by atoms with Crippen LogP contribution in [0.25, 0.3) is 10.8 Å². The van der Waals surface area contributed by atoms with Gasteiger partial charge in [0.05, 0.1) is 11.6 Å². The van der Waals surface area contributed by atoms with Gasteiger partial charge in [-0.1, -0.05) is 45.4 Å². The monoisotopic (exact) mass is 463 g/mol. The van der Waals surface area contributed by atoms with Gasteiger partial charge in [0.25, 0.3) is 0 Å². The van der Waals surface area contributed by atoms with Crippen molar-refractivity contribution in [2.45, 2.75) is 77.6 Å². The Bertz CT molecular complexity index is 1040. The molecule has 2 aromatic rings. The summed E-state index contributed by atoms with van der Waals surface area (Å²) in [6.07, 6.45) is -0.742. The lowest BCUT2D eigenvalue weighted by molar-refractivity contribution is -0.138. The topological polar surface area (TPSA) is 47.6 Å². The van der Waals surface area contributed by atoms with Crippen molar-refractivity contribution in [3.8, 4) is 5.75 Å². The fourth-order valence-corrected chi connectivity index (χ4v) is 5.14. The second kappa shape index (κ2) is 8.41. The van der Waals surface area contributed by atoms with Crippen molar-refractivity contribution >= 4 is 16.9 Å². The number of alkyl carbamates (subject to hydrolysis) is 1. The number of carbonyl (C=O) groups is 1. The van der Waals surface area contributed by atoms with Gasteiger partial charge in [-0.3, -0.25) is 0 Å². The smallest absolute Gasteiger partial charge is 0.420 e. The Morgan fingerprint density at radius 1 is 1.12 bits per heavy atom. The van der Waals surface area contributed by atoms with Gasteiger partial charge in [-0.15, -0.1) is 0 Å². The summed E-state index contributed by atoms with van der Waals surface area (Å²) in [5, 5.41) is 3.27. The number of ether oxygens (including phenoxy) is 2. The molecule has 1 heterocycles.